The molecule has 1 aliphatic heterocycles. The summed E-state index contributed by atoms with van der Waals surface area (Å²) in [5, 5.41) is 14.3. The molecule has 0 spiro atoms. The molecule has 0 bridgehead atoms. The number of hydrogen-bond donors (Lipinski definition) is 1. The van der Waals surface area contributed by atoms with Crippen molar-refractivity contribution in [1.29, 1.82) is 0 Å². The Morgan fingerprint density at radius 3 is 2.53 bits per heavy atom. The maximum absolute atomic E-state index is 12.9. The van der Waals surface area contributed by atoms with Crippen molar-refractivity contribution in [2.75, 3.05) is 25.1 Å². The third kappa shape index (κ3) is 3.74. The van der Waals surface area contributed by atoms with Gasteiger partial charge in [-0.15, -0.1) is 0 Å². The zero-order valence-corrected chi connectivity index (χ0v) is 17.9. The summed E-state index contributed by atoms with van der Waals surface area (Å²) in [6, 6.07) is 6.47. The van der Waals surface area contributed by atoms with Crippen molar-refractivity contribution in [1.82, 2.24) is 14.6 Å². The summed E-state index contributed by atoms with van der Waals surface area (Å²) >= 11 is 0. The summed E-state index contributed by atoms with van der Waals surface area (Å²) in [5.41, 5.74) is 0.420. The van der Waals surface area contributed by atoms with Crippen LogP contribution in [0.3, 0.4) is 0 Å². The fourth-order valence-corrected chi connectivity index (χ4v) is 4.17. The Balaban J connectivity index is 1.82. The zero-order valence-electron chi connectivity index (χ0n) is 17.9. The maximum Gasteiger partial charge on any atom is 0.416 e. The number of anilines is 1. The Morgan fingerprint density at radius 1 is 1.25 bits per heavy atom. The predicted molar refractivity (Wildman–Crippen MR) is 112 cm³/mol. The van der Waals surface area contributed by atoms with Gasteiger partial charge in [0, 0.05) is 24.7 Å². The number of benzene rings is 1. The highest BCUT2D eigenvalue weighted by Crippen LogP contribution is 2.39. The number of nitrogens with zero attached hydrogens (tertiary/aromatic N) is 4. The number of rotatable bonds is 4. The molecule has 3 heterocycles. The second-order valence-corrected chi connectivity index (χ2v) is 8.32. The smallest absolute Gasteiger partial charge is 0.416 e. The Morgan fingerprint density at radius 2 is 1.94 bits per heavy atom. The molecule has 1 unspecified atom stereocenters. The molecule has 1 aromatic carbocycles. The van der Waals surface area contributed by atoms with Gasteiger partial charge in [-0.2, -0.15) is 22.8 Å². The monoisotopic (exact) mass is 448 g/mol. The number of methoxy groups -OCH3 is 1. The first kappa shape index (κ1) is 21.9. The molecule has 0 saturated carbocycles. The molecule has 10 heteroatoms. The van der Waals surface area contributed by atoms with Crippen LogP contribution in [0.2, 0.25) is 0 Å². The van der Waals surface area contributed by atoms with Crippen LogP contribution in [0.5, 0.6) is 5.75 Å². The highest BCUT2D eigenvalue weighted by atomic mass is 19.4. The Bertz CT molecular complexity index is 1170. The fraction of sp³-hybridized carbons (Fsp3) is 0.409. The summed E-state index contributed by atoms with van der Waals surface area (Å²) in [7, 11) is 1.51. The molecule has 2 aromatic heterocycles. The van der Waals surface area contributed by atoms with Crippen LogP contribution >= 0.6 is 0 Å². The largest absolute Gasteiger partial charge is 0.491 e. The molecular formula is C22H23F3N4O3. The topological polar surface area (TPSA) is 80.0 Å². The molecule has 4 rings (SSSR count). The van der Waals surface area contributed by atoms with Gasteiger partial charge in [0.25, 0.3) is 0 Å². The molecule has 32 heavy (non-hydrogen) atoms. The minimum atomic E-state index is -4.41. The molecule has 0 amide bonds. The number of halogens is 3. The van der Waals surface area contributed by atoms with Crippen molar-refractivity contribution in [3.63, 3.8) is 0 Å². The summed E-state index contributed by atoms with van der Waals surface area (Å²) in [4.78, 5) is 18.3. The number of aryl methyl sites for hydroxylation is 1. The number of carbonyl (C=O) groups is 1. The second kappa shape index (κ2) is 7.68. The predicted octanol–water partition coefficient (Wildman–Crippen LogP) is 4.42. The number of hydrogen-bond acceptors (Lipinski definition) is 5. The first-order valence-electron chi connectivity index (χ1n) is 10.1. The number of carboxylic acid groups (broad SMARTS) is 1. The summed E-state index contributed by atoms with van der Waals surface area (Å²) in [6.45, 7) is 4.39. The highest BCUT2D eigenvalue weighted by molar-refractivity contribution is 5.76. The van der Waals surface area contributed by atoms with E-state index in [0.717, 1.165) is 12.1 Å². The average molecular weight is 448 g/mol. The molecule has 1 atom stereocenters. The molecule has 0 aliphatic carbocycles. The summed E-state index contributed by atoms with van der Waals surface area (Å²) in [5.74, 6) is 0.198. The van der Waals surface area contributed by atoms with Gasteiger partial charge in [0.15, 0.2) is 17.2 Å². The number of piperidine rings is 1. The van der Waals surface area contributed by atoms with Gasteiger partial charge in [-0.05, 0) is 38.8 Å². The number of alkyl halides is 3. The average Bonchev–Trinajstić information content (AvgIpc) is 3.15. The van der Waals surface area contributed by atoms with Gasteiger partial charge in [0.1, 0.15) is 0 Å². The van der Waals surface area contributed by atoms with E-state index in [4.69, 9.17) is 4.74 Å². The molecule has 0 radical (unpaired) electrons. The third-order valence-corrected chi connectivity index (χ3v) is 5.93. The first-order chi connectivity index (χ1) is 15.0. The quantitative estimate of drug-likeness (QED) is 0.636. The molecule has 170 valence electrons. The lowest BCUT2D eigenvalue weighted by atomic mass is 9.82. The molecule has 3 aromatic rings. The van der Waals surface area contributed by atoms with Crippen LogP contribution in [0.15, 0.2) is 30.3 Å². The lowest BCUT2D eigenvalue weighted by molar-refractivity contribution is -0.148. The van der Waals surface area contributed by atoms with E-state index < -0.39 is 23.1 Å². The summed E-state index contributed by atoms with van der Waals surface area (Å²) in [6.07, 6.45) is -3.17. The lowest BCUT2D eigenvalue weighted by Gasteiger charge is -2.39. The minimum absolute atomic E-state index is 0.271. The zero-order chi connectivity index (χ0) is 23.3. The lowest BCUT2D eigenvalue weighted by Crippen LogP contribution is -2.47. The fourth-order valence-electron chi connectivity index (χ4n) is 4.17. The Hall–Kier alpha value is -3.30. The van der Waals surface area contributed by atoms with Crippen LogP contribution in [-0.4, -0.2) is 45.9 Å². The van der Waals surface area contributed by atoms with Crippen molar-refractivity contribution >= 4 is 17.4 Å². The van der Waals surface area contributed by atoms with E-state index >= 15 is 0 Å². The third-order valence-electron chi connectivity index (χ3n) is 5.93. The van der Waals surface area contributed by atoms with Crippen molar-refractivity contribution < 1.29 is 27.8 Å². The van der Waals surface area contributed by atoms with Crippen molar-refractivity contribution in [2.24, 2.45) is 5.41 Å². The van der Waals surface area contributed by atoms with E-state index in [9.17, 15) is 23.1 Å². The molecule has 1 N–H and O–H groups in total. The molecule has 7 nitrogen and oxygen atoms in total. The van der Waals surface area contributed by atoms with Gasteiger partial charge in [-0.3, -0.25) is 4.79 Å². The van der Waals surface area contributed by atoms with E-state index in [1.165, 1.54) is 19.2 Å². The normalized spacial score (nSPS) is 19.4. The molecular weight excluding hydrogens is 425 g/mol. The van der Waals surface area contributed by atoms with Gasteiger partial charge in [0.2, 0.25) is 0 Å². The standard InChI is InChI=1S/C22H23F3N4O3/c1-13-18(32-3)19(28-10-4-9-21(2,12-28)20(30)31)29-17(26-13)11-16(27-29)14-5-7-15(8-6-14)22(23,24)25/h5-8,11H,4,9-10,12H2,1-3H3,(H,30,31). The highest BCUT2D eigenvalue weighted by Gasteiger charge is 2.39. The number of ether oxygens (including phenoxy) is 1. The van der Waals surface area contributed by atoms with E-state index in [1.807, 2.05) is 4.90 Å². The van der Waals surface area contributed by atoms with Gasteiger partial charge in [0.05, 0.1) is 29.5 Å². The SMILES string of the molecule is COc1c(C)nc2cc(-c3ccc(C(F)(F)F)cc3)nn2c1N1CCCC(C)(C(=O)O)C1. The van der Waals surface area contributed by atoms with Crippen molar-refractivity contribution in [2.45, 2.75) is 32.9 Å². The van der Waals surface area contributed by atoms with Gasteiger partial charge in [-0.25, -0.2) is 4.98 Å². The van der Waals surface area contributed by atoms with E-state index in [2.05, 4.69) is 10.1 Å². The Kier molecular flexibility index (Phi) is 5.26. The van der Waals surface area contributed by atoms with Crippen LogP contribution in [0.25, 0.3) is 16.9 Å². The molecule has 1 aliphatic rings. The van der Waals surface area contributed by atoms with Crippen molar-refractivity contribution in [3.8, 4) is 17.0 Å². The van der Waals surface area contributed by atoms with E-state index in [-0.39, 0.29) is 6.54 Å². The number of aromatic nitrogens is 3. The maximum atomic E-state index is 12.9. The van der Waals surface area contributed by atoms with Crippen LogP contribution in [0.1, 0.15) is 31.0 Å². The van der Waals surface area contributed by atoms with Crippen LogP contribution in [0, 0.1) is 12.3 Å². The molecule has 1 fully saturated rings. The van der Waals surface area contributed by atoms with Crippen LogP contribution in [0.4, 0.5) is 19.0 Å². The first-order valence-corrected chi connectivity index (χ1v) is 10.1. The van der Waals surface area contributed by atoms with Gasteiger partial charge >= 0.3 is 12.1 Å². The van der Waals surface area contributed by atoms with E-state index in [1.54, 1.807) is 24.4 Å². The number of aliphatic carboxylic acids is 1. The van der Waals surface area contributed by atoms with Gasteiger partial charge < -0.3 is 14.7 Å². The van der Waals surface area contributed by atoms with Crippen LogP contribution < -0.4 is 9.64 Å². The van der Waals surface area contributed by atoms with E-state index in [0.29, 0.717) is 53.6 Å². The second-order valence-electron chi connectivity index (χ2n) is 8.32. The number of fused-ring (bicyclic) bond motifs is 1. The molecule has 1 saturated heterocycles. The van der Waals surface area contributed by atoms with Crippen LogP contribution in [-0.2, 0) is 11.0 Å². The summed E-state index contributed by atoms with van der Waals surface area (Å²) < 4.78 is 45.9. The minimum Gasteiger partial charge on any atom is -0.491 e. The number of carboxylic acids is 1. The van der Waals surface area contributed by atoms with Crippen molar-refractivity contribution in [3.05, 3.63) is 41.6 Å². The Labute approximate surface area is 182 Å². The van der Waals surface area contributed by atoms with Gasteiger partial charge in [-0.1, -0.05) is 12.1 Å².